The summed E-state index contributed by atoms with van der Waals surface area (Å²) in [4.78, 5) is 0. The summed E-state index contributed by atoms with van der Waals surface area (Å²) in [5.74, 6) is 0.809. The van der Waals surface area contributed by atoms with Crippen molar-refractivity contribution in [1.29, 1.82) is 0 Å². The first-order chi connectivity index (χ1) is 10.9. The Kier molecular flexibility index (Phi) is 2.41. The van der Waals surface area contributed by atoms with E-state index in [2.05, 4.69) is 78.9 Å². The van der Waals surface area contributed by atoms with Crippen LogP contribution in [0.3, 0.4) is 0 Å². The van der Waals surface area contributed by atoms with Gasteiger partial charge in [0.1, 0.15) is 0 Å². The van der Waals surface area contributed by atoms with Gasteiger partial charge in [-0.15, -0.1) is 0 Å². The number of rotatable bonds is 2. The Morgan fingerprint density at radius 3 is 2.41 bits per heavy atom. The Balaban J connectivity index is 1.59. The van der Waals surface area contributed by atoms with Crippen molar-refractivity contribution in [3.05, 3.63) is 90.0 Å². The molecule has 0 saturated heterocycles. The van der Waals surface area contributed by atoms with Gasteiger partial charge in [-0.1, -0.05) is 78.9 Å². The van der Waals surface area contributed by atoms with Crippen LogP contribution in [0.15, 0.2) is 78.9 Å². The van der Waals surface area contributed by atoms with E-state index in [-0.39, 0.29) is 0 Å². The molecule has 3 aromatic carbocycles. The first-order valence-electron chi connectivity index (χ1n) is 8.12. The summed E-state index contributed by atoms with van der Waals surface area (Å²) < 4.78 is 0. The van der Waals surface area contributed by atoms with E-state index in [1.807, 2.05) is 0 Å². The Bertz CT molecular complexity index is 888. The molecule has 106 valence electrons. The molecule has 0 radical (unpaired) electrons. The van der Waals surface area contributed by atoms with E-state index in [1.165, 1.54) is 40.3 Å². The summed E-state index contributed by atoms with van der Waals surface area (Å²) in [5, 5.41) is 2.70. The first-order valence-corrected chi connectivity index (χ1v) is 8.12. The van der Waals surface area contributed by atoms with E-state index in [4.69, 9.17) is 0 Å². The fourth-order valence-corrected chi connectivity index (χ4v) is 4.18. The van der Waals surface area contributed by atoms with E-state index in [0.717, 1.165) is 5.92 Å². The lowest BCUT2D eigenvalue weighted by atomic mass is 9.92. The van der Waals surface area contributed by atoms with Crippen LogP contribution in [0.2, 0.25) is 0 Å². The Morgan fingerprint density at radius 1 is 0.773 bits per heavy atom. The highest BCUT2D eigenvalue weighted by molar-refractivity contribution is 5.84. The minimum Gasteiger partial charge on any atom is -0.0698 e. The number of allylic oxidation sites excluding steroid dienone is 2. The predicted octanol–water partition coefficient (Wildman–Crippen LogP) is 5.58. The number of fused-ring (bicyclic) bond motifs is 2. The van der Waals surface area contributed by atoms with Gasteiger partial charge in [0.2, 0.25) is 0 Å². The highest BCUT2D eigenvalue weighted by atomic mass is 14.6. The molecule has 0 bridgehead atoms. The van der Waals surface area contributed by atoms with Crippen molar-refractivity contribution in [3.8, 4) is 0 Å². The van der Waals surface area contributed by atoms with Gasteiger partial charge in [-0.05, 0) is 46.2 Å². The van der Waals surface area contributed by atoms with Crippen molar-refractivity contribution in [3.63, 3.8) is 0 Å². The van der Waals surface area contributed by atoms with E-state index >= 15 is 0 Å². The van der Waals surface area contributed by atoms with Gasteiger partial charge in [-0.3, -0.25) is 0 Å². The standard InChI is InChI=1S/C22H18/c1-2-6-16(7-3-1)19-13-21-15-22(21,14-19)20-11-10-17-8-4-5-9-18(17)12-20/h1-12,14,21H,13,15H2/t21-,22+/m0/s1. The first kappa shape index (κ1) is 12.2. The average molecular weight is 282 g/mol. The zero-order valence-electron chi connectivity index (χ0n) is 12.5. The molecule has 1 saturated carbocycles. The van der Waals surface area contributed by atoms with Crippen LogP contribution in [0.25, 0.3) is 16.3 Å². The van der Waals surface area contributed by atoms with Crippen molar-refractivity contribution in [2.75, 3.05) is 0 Å². The van der Waals surface area contributed by atoms with Crippen molar-refractivity contribution < 1.29 is 0 Å². The Hall–Kier alpha value is -2.34. The average Bonchev–Trinajstić information content (AvgIpc) is 3.17. The van der Waals surface area contributed by atoms with Gasteiger partial charge >= 0.3 is 0 Å². The Labute approximate surface area is 131 Å². The van der Waals surface area contributed by atoms with Gasteiger partial charge in [-0.25, -0.2) is 0 Å². The third-order valence-corrected chi connectivity index (χ3v) is 5.48. The number of hydrogen-bond donors (Lipinski definition) is 0. The molecule has 0 aromatic heterocycles. The molecular formula is C22H18. The smallest absolute Gasteiger partial charge is 0.0173 e. The van der Waals surface area contributed by atoms with Crippen LogP contribution in [-0.4, -0.2) is 0 Å². The SMILES string of the molecule is C1=C(c2ccccc2)C[C@H]2C[C@@]12c1ccc2ccccc2c1. The molecule has 0 spiro atoms. The molecule has 0 heteroatoms. The summed E-state index contributed by atoms with van der Waals surface area (Å²) >= 11 is 0. The summed E-state index contributed by atoms with van der Waals surface area (Å²) in [6.45, 7) is 0. The van der Waals surface area contributed by atoms with Crippen LogP contribution >= 0.6 is 0 Å². The second-order valence-electron chi connectivity index (χ2n) is 6.74. The molecule has 2 atom stereocenters. The minimum atomic E-state index is 0.315. The molecule has 5 rings (SSSR count). The minimum absolute atomic E-state index is 0.315. The second kappa shape index (κ2) is 4.33. The van der Waals surface area contributed by atoms with Gasteiger partial charge in [0, 0.05) is 5.41 Å². The fourth-order valence-electron chi connectivity index (χ4n) is 4.18. The van der Waals surface area contributed by atoms with Crippen molar-refractivity contribution >= 4 is 16.3 Å². The topological polar surface area (TPSA) is 0 Å². The Morgan fingerprint density at radius 2 is 1.55 bits per heavy atom. The lowest BCUT2D eigenvalue weighted by Crippen LogP contribution is -2.02. The zero-order valence-corrected chi connectivity index (χ0v) is 12.5. The largest absolute Gasteiger partial charge is 0.0698 e. The van der Waals surface area contributed by atoms with E-state index < -0.39 is 0 Å². The molecule has 0 heterocycles. The molecular weight excluding hydrogens is 264 g/mol. The fraction of sp³-hybridized carbons (Fsp3) is 0.182. The summed E-state index contributed by atoms with van der Waals surface area (Å²) in [7, 11) is 0. The van der Waals surface area contributed by atoms with E-state index in [0.29, 0.717) is 5.41 Å². The summed E-state index contributed by atoms with van der Waals surface area (Å²) in [6.07, 6.45) is 5.11. The molecule has 22 heavy (non-hydrogen) atoms. The molecule has 0 aliphatic heterocycles. The van der Waals surface area contributed by atoms with Gasteiger partial charge in [0.05, 0.1) is 0 Å². The molecule has 2 aliphatic rings. The highest BCUT2D eigenvalue weighted by Gasteiger charge is 2.57. The molecule has 0 nitrogen and oxygen atoms in total. The van der Waals surface area contributed by atoms with Gasteiger partial charge in [-0.2, -0.15) is 0 Å². The van der Waals surface area contributed by atoms with Crippen molar-refractivity contribution in [1.82, 2.24) is 0 Å². The quantitative estimate of drug-likeness (QED) is 0.575. The van der Waals surface area contributed by atoms with Crippen LogP contribution in [0, 0.1) is 5.92 Å². The van der Waals surface area contributed by atoms with Crippen LogP contribution in [0.4, 0.5) is 0 Å². The van der Waals surface area contributed by atoms with Crippen LogP contribution in [0.5, 0.6) is 0 Å². The summed E-state index contributed by atoms with van der Waals surface area (Å²) in [6, 6.07) is 26.6. The van der Waals surface area contributed by atoms with Gasteiger partial charge < -0.3 is 0 Å². The van der Waals surface area contributed by atoms with E-state index in [9.17, 15) is 0 Å². The third kappa shape index (κ3) is 1.70. The van der Waals surface area contributed by atoms with Gasteiger partial charge in [0.25, 0.3) is 0 Å². The van der Waals surface area contributed by atoms with E-state index in [1.54, 1.807) is 0 Å². The maximum Gasteiger partial charge on any atom is 0.0173 e. The molecule has 0 unspecified atom stereocenters. The van der Waals surface area contributed by atoms with Crippen LogP contribution in [-0.2, 0) is 5.41 Å². The van der Waals surface area contributed by atoms with Crippen molar-refractivity contribution in [2.45, 2.75) is 18.3 Å². The molecule has 3 aromatic rings. The summed E-state index contributed by atoms with van der Waals surface area (Å²) in [5.41, 5.74) is 4.75. The monoisotopic (exact) mass is 282 g/mol. The van der Waals surface area contributed by atoms with Crippen LogP contribution < -0.4 is 0 Å². The number of benzene rings is 3. The molecule has 0 N–H and O–H groups in total. The third-order valence-electron chi connectivity index (χ3n) is 5.48. The normalized spacial score (nSPS) is 25.8. The maximum atomic E-state index is 2.55. The van der Waals surface area contributed by atoms with Gasteiger partial charge in [0.15, 0.2) is 0 Å². The second-order valence-corrected chi connectivity index (χ2v) is 6.74. The highest BCUT2D eigenvalue weighted by Crippen LogP contribution is 2.64. The van der Waals surface area contributed by atoms with Crippen molar-refractivity contribution in [2.24, 2.45) is 5.92 Å². The zero-order chi connectivity index (χ0) is 14.6. The molecule has 1 fully saturated rings. The molecule has 0 amide bonds. The maximum absolute atomic E-state index is 2.55. The predicted molar refractivity (Wildman–Crippen MR) is 92.8 cm³/mol. The molecule has 2 aliphatic carbocycles. The lowest BCUT2D eigenvalue weighted by Gasteiger charge is -2.11. The number of hydrogen-bond acceptors (Lipinski definition) is 0. The lowest BCUT2D eigenvalue weighted by molar-refractivity contribution is 0.778. The van der Waals surface area contributed by atoms with Crippen LogP contribution in [0.1, 0.15) is 24.0 Å².